The topological polar surface area (TPSA) is 58.4 Å². The van der Waals surface area contributed by atoms with Gasteiger partial charge in [-0.2, -0.15) is 0 Å². The van der Waals surface area contributed by atoms with Crippen LogP contribution < -0.4 is 5.32 Å². The first-order valence-corrected chi connectivity index (χ1v) is 12.9. The van der Waals surface area contributed by atoms with E-state index < -0.39 is 0 Å². The Hall–Kier alpha value is -2.99. The van der Waals surface area contributed by atoms with E-state index in [1.165, 1.54) is 37.0 Å². The zero-order chi connectivity index (χ0) is 24.2. The number of halogens is 1. The maximum Gasteiger partial charge on any atom is 0.244 e. The van der Waals surface area contributed by atoms with Gasteiger partial charge in [0.1, 0.15) is 5.82 Å². The zero-order valence-electron chi connectivity index (χ0n) is 20.4. The number of fused-ring (bicyclic) bond motifs is 1. The standard InChI is InChI=1S/C29H34FN3O2/c1-20-5-2-3-6-21(20)9-12-28(34)31-18-23-7-4-8-24(23)19-33-15-13-22(14-16-33)29-26-11-10-25(30)17-27(26)35-32-29/h2-3,5-6,9-12,17,22-24H,4,7-8,13-16,18-19H2,1H3,(H,31,34)/t23-,24-/m1/s1. The molecule has 184 valence electrons. The van der Waals surface area contributed by atoms with Gasteiger partial charge in [0, 0.05) is 36.5 Å². The van der Waals surface area contributed by atoms with Crippen molar-refractivity contribution in [1.29, 1.82) is 0 Å². The number of carbonyl (C=O) groups excluding carboxylic acids is 1. The Balaban J connectivity index is 1.10. The van der Waals surface area contributed by atoms with E-state index in [4.69, 9.17) is 4.52 Å². The molecule has 1 aromatic heterocycles. The Labute approximate surface area is 206 Å². The molecule has 1 aliphatic heterocycles. The summed E-state index contributed by atoms with van der Waals surface area (Å²) in [5, 5.41) is 8.35. The summed E-state index contributed by atoms with van der Waals surface area (Å²) in [5.41, 5.74) is 3.75. The Kier molecular flexibility index (Phi) is 7.28. The van der Waals surface area contributed by atoms with Gasteiger partial charge in [-0.15, -0.1) is 0 Å². The predicted octanol–water partition coefficient (Wildman–Crippen LogP) is 5.70. The van der Waals surface area contributed by atoms with Crippen LogP contribution in [0.15, 0.2) is 53.1 Å². The number of aryl methyl sites for hydroxylation is 1. The van der Waals surface area contributed by atoms with Crippen LogP contribution >= 0.6 is 0 Å². The number of hydrogen-bond acceptors (Lipinski definition) is 4. The highest BCUT2D eigenvalue weighted by Gasteiger charge is 2.31. The van der Waals surface area contributed by atoms with Gasteiger partial charge in [-0.3, -0.25) is 4.79 Å². The largest absolute Gasteiger partial charge is 0.356 e. The normalized spacial score (nSPS) is 21.8. The number of benzene rings is 2. The molecule has 0 radical (unpaired) electrons. The van der Waals surface area contributed by atoms with E-state index >= 15 is 0 Å². The minimum atomic E-state index is -0.292. The quantitative estimate of drug-likeness (QED) is 0.445. The molecule has 5 nitrogen and oxygen atoms in total. The van der Waals surface area contributed by atoms with Crippen LogP contribution in [0.3, 0.4) is 0 Å². The van der Waals surface area contributed by atoms with Gasteiger partial charge in [0.2, 0.25) is 5.91 Å². The van der Waals surface area contributed by atoms with Crippen molar-refractivity contribution in [3.05, 3.63) is 71.2 Å². The molecule has 0 bridgehead atoms. The van der Waals surface area contributed by atoms with E-state index in [0.29, 0.717) is 23.3 Å². The summed E-state index contributed by atoms with van der Waals surface area (Å²) in [6.45, 7) is 5.97. The minimum absolute atomic E-state index is 0.0144. The maximum atomic E-state index is 13.5. The molecule has 2 aromatic carbocycles. The average Bonchev–Trinajstić information content (AvgIpc) is 3.49. The number of nitrogens with zero attached hydrogens (tertiary/aromatic N) is 2. The Morgan fingerprint density at radius 3 is 2.77 bits per heavy atom. The highest BCUT2D eigenvalue weighted by atomic mass is 19.1. The molecule has 6 heteroatoms. The van der Waals surface area contributed by atoms with E-state index in [2.05, 4.69) is 28.4 Å². The van der Waals surface area contributed by atoms with Crippen LogP contribution in [0.2, 0.25) is 0 Å². The van der Waals surface area contributed by atoms with Crippen molar-refractivity contribution in [3.8, 4) is 0 Å². The fourth-order valence-corrected chi connectivity index (χ4v) is 5.80. The number of rotatable bonds is 7. The van der Waals surface area contributed by atoms with E-state index in [-0.39, 0.29) is 11.7 Å². The number of carbonyl (C=O) groups is 1. The number of likely N-dealkylation sites (tertiary alicyclic amines) is 1. The maximum absolute atomic E-state index is 13.5. The highest BCUT2D eigenvalue weighted by molar-refractivity contribution is 5.91. The van der Waals surface area contributed by atoms with Crippen LogP contribution in [-0.2, 0) is 4.79 Å². The Morgan fingerprint density at radius 2 is 1.94 bits per heavy atom. The van der Waals surface area contributed by atoms with Crippen molar-refractivity contribution < 1.29 is 13.7 Å². The predicted molar refractivity (Wildman–Crippen MR) is 136 cm³/mol. The number of amides is 1. The first-order chi connectivity index (χ1) is 17.1. The summed E-state index contributed by atoms with van der Waals surface area (Å²) < 4.78 is 18.8. The molecule has 3 aromatic rings. The second kappa shape index (κ2) is 10.7. The fraction of sp³-hybridized carbons (Fsp3) is 0.448. The third-order valence-corrected chi connectivity index (χ3v) is 7.89. The van der Waals surface area contributed by atoms with Crippen molar-refractivity contribution in [2.24, 2.45) is 11.8 Å². The Bertz CT molecular complexity index is 1200. The SMILES string of the molecule is Cc1ccccc1C=CC(=O)NC[C@H]1CCC[C@@H]1CN1CCC(c2noc3cc(F)ccc23)CC1. The lowest BCUT2D eigenvalue weighted by molar-refractivity contribution is -0.116. The molecule has 1 aliphatic carbocycles. The monoisotopic (exact) mass is 475 g/mol. The van der Waals surface area contributed by atoms with E-state index in [0.717, 1.165) is 55.7 Å². The number of nitrogens with one attached hydrogen (secondary N) is 1. The number of piperidine rings is 1. The first-order valence-electron chi connectivity index (χ1n) is 12.9. The first kappa shape index (κ1) is 23.7. The second-order valence-electron chi connectivity index (χ2n) is 10.2. The molecular formula is C29H34FN3O2. The van der Waals surface area contributed by atoms with E-state index in [1.807, 2.05) is 24.3 Å². The van der Waals surface area contributed by atoms with Gasteiger partial charge in [0.15, 0.2) is 5.58 Å². The summed E-state index contributed by atoms with van der Waals surface area (Å²) in [5.74, 6) is 1.22. The number of aromatic nitrogens is 1. The van der Waals surface area contributed by atoms with Crippen LogP contribution in [0.25, 0.3) is 17.0 Å². The van der Waals surface area contributed by atoms with Crippen LogP contribution in [0.4, 0.5) is 4.39 Å². The summed E-state index contributed by atoms with van der Waals surface area (Å²) in [4.78, 5) is 15.0. The molecule has 2 atom stereocenters. The lowest BCUT2D eigenvalue weighted by Gasteiger charge is -2.34. The second-order valence-corrected chi connectivity index (χ2v) is 10.2. The molecule has 2 fully saturated rings. The molecule has 35 heavy (non-hydrogen) atoms. The van der Waals surface area contributed by atoms with Gasteiger partial charge >= 0.3 is 0 Å². The van der Waals surface area contributed by atoms with E-state index in [1.54, 1.807) is 12.1 Å². The van der Waals surface area contributed by atoms with Crippen LogP contribution in [0, 0.1) is 24.6 Å². The van der Waals surface area contributed by atoms with Crippen LogP contribution in [0.5, 0.6) is 0 Å². The molecule has 1 amide bonds. The third kappa shape index (κ3) is 5.64. The molecule has 1 saturated heterocycles. The summed E-state index contributed by atoms with van der Waals surface area (Å²) in [6.07, 6.45) is 9.29. The van der Waals surface area contributed by atoms with Crippen LogP contribution in [-0.4, -0.2) is 42.1 Å². The zero-order valence-corrected chi connectivity index (χ0v) is 20.4. The molecule has 1 N–H and O–H groups in total. The van der Waals surface area contributed by atoms with Crippen molar-refractivity contribution in [2.75, 3.05) is 26.2 Å². The van der Waals surface area contributed by atoms with Crippen molar-refractivity contribution >= 4 is 23.0 Å². The molecular weight excluding hydrogens is 441 g/mol. The lowest BCUT2D eigenvalue weighted by Crippen LogP contribution is -2.39. The summed E-state index contributed by atoms with van der Waals surface area (Å²) >= 11 is 0. The van der Waals surface area contributed by atoms with Crippen molar-refractivity contribution in [2.45, 2.75) is 44.9 Å². The molecule has 2 heterocycles. The average molecular weight is 476 g/mol. The molecule has 0 spiro atoms. The molecule has 0 unspecified atom stereocenters. The lowest BCUT2D eigenvalue weighted by atomic mass is 9.89. The highest BCUT2D eigenvalue weighted by Crippen LogP contribution is 2.36. The van der Waals surface area contributed by atoms with Gasteiger partial charge < -0.3 is 14.7 Å². The summed E-state index contributed by atoms with van der Waals surface area (Å²) in [7, 11) is 0. The van der Waals surface area contributed by atoms with Crippen LogP contribution in [0.1, 0.15) is 54.8 Å². The van der Waals surface area contributed by atoms with E-state index in [9.17, 15) is 9.18 Å². The minimum Gasteiger partial charge on any atom is -0.356 e. The summed E-state index contributed by atoms with van der Waals surface area (Å²) in [6, 6.07) is 12.8. The Morgan fingerprint density at radius 1 is 1.14 bits per heavy atom. The molecule has 5 rings (SSSR count). The fourth-order valence-electron chi connectivity index (χ4n) is 5.80. The molecule has 1 saturated carbocycles. The van der Waals surface area contributed by atoms with Gasteiger partial charge in [-0.1, -0.05) is 35.8 Å². The van der Waals surface area contributed by atoms with Gasteiger partial charge in [0.05, 0.1) is 5.69 Å². The van der Waals surface area contributed by atoms with Crippen molar-refractivity contribution in [1.82, 2.24) is 15.4 Å². The third-order valence-electron chi connectivity index (χ3n) is 7.89. The molecule has 2 aliphatic rings. The van der Waals surface area contributed by atoms with Gasteiger partial charge in [-0.25, -0.2) is 4.39 Å². The smallest absolute Gasteiger partial charge is 0.244 e. The van der Waals surface area contributed by atoms with Crippen molar-refractivity contribution in [3.63, 3.8) is 0 Å². The van der Waals surface area contributed by atoms with Gasteiger partial charge in [-0.05, 0) is 86.9 Å². The number of hydrogen-bond donors (Lipinski definition) is 1. The van der Waals surface area contributed by atoms with Gasteiger partial charge in [0.25, 0.3) is 0 Å².